The second kappa shape index (κ2) is 36.1. The fraction of sp³-hybridized carbons (Fsp3) is 0.579. The van der Waals surface area contributed by atoms with Crippen LogP contribution in [0.2, 0.25) is 10.0 Å². The zero-order chi connectivity index (χ0) is 70.2. The zero-order valence-corrected chi connectivity index (χ0v) is 62.2. The number of halogens is 2. The summed E-state index contributed by atoms with van der Waals surface area (Å²) in [5.74, 6) is -0.0535. The highest BCUT2D eigenvalue weighted by Crippen LogP contribution is 2.45. The van der Waals surface area contributed by atoms with Crippen LogP contribution in [0.3, 0.4) is 0 Å². The van der Waals surface area contributed by atoms with Gasteiger partial charge in [0.1, 0.15) is 12.1 Å². The van der Waals surface area contributed by atoms with Gasteiger partial charge in [0.15, 0.2) is 11.5 Å². The summed E-state index contributed by atoms with van der Waals surface area (Å²) in [5.41, 5.74) is 5.44. The van der Waals surface area contributed by atoms with E-state index in [0.29, 0.717) is 41.4 Å². The normalized spacial score (nSPS) is 20.9. The Labute approximate surface area is 604 Å². The predicted octanol–water partition coefficient (Wildman–Crippen LogP) is 12.1. The number of ether oxygens (including phenoxy) is 2. The molecule has 0 radical (unpaired) electrons. The molecule has 4 atom stereocenters. The second-order valence-corrected chi connectivity index (χ2v) is 31.6. The molecule has 5 N–H and O–H groups in total. The summed E-state index contributed by atoms with van der Waals surface area (Å²) in [4.78, 5) is 100. The number of hydrogen-bond acceptors (Lipinski definition) is 15. The van der Waals surface area contributed by atoms with Crippen molar-refractivity contribution in [3.8, 4) is 11.5 Å². The van der Waals surface area contributed by atoms with Gasteiger partial charge in [-0.05, 0) is 198 Å². The first-order valence-corrected chi connectivity index (χ1v) is 38.7. The number of nitrogens with one attached hydrogen (secondary N) is 5. The molecular formula is C76H105Cl2N11O8S2. The van der Waals surface area contributed by atoms with Crippen LogP contribution in [0.25, 0.3) is 0 Å². The molecule has 6 heterocycles. The van der Waals surface area contributed by atoms with E-state index in [1.165, 1.54) is 27.3 Å². The number of unbranched alkanes of at least 4 members (excludes halogenated alkanes) is 2. The van der Waals surface area contributed by atoms with Crippen molar-refractivity contribution >= 4 is 81.7 Å². The first-order chi connectivity index (χ1) is 47.7. The summed E-state index contributed by atoms with van der Waals surface area (Å²) in [6, 6.07) is 23.3. The number of hydrogen-bond donors (Lipinski definition) is 5. The molecule has 5 aliphatic rings. The largest absolute Gasteiger partial charge is 0.415 e. The van der Waals surface area contributed by atoms with Crippen LogP contribution in [-0.4, -0.2) is 186 Å². The van der Waals surface area contributed by atoms with Crippen LogP contribution < -0.4 is 36.1 Å². The summed E-state index contributed by atoms with van der Waals surface area (Å²) in [6.07, 6.45) is 10.8. The van der Waals surface area contributed by atoms with E-state index in [4.69, 9.17) is 32.7 Å². The number of amides is 6. The summed E-state index contributed by atoms with van der Waals surface area (Å²) < 4.78 is 11.7. The number of thiophene rings is 2. The van der Waals surface area contributed by atoms with E-state index in [1.807, 2.05) is 64.3 Å². The maximum atomic E-state index is 15.4. The Balaban J connectivity index is 0.752. The van der Waals surface area contributed by atoms with Crippen molar-refractivity contribution in [2.45, 2.75) is 200 Å². The topological polar surface area (TPSA) is 200 Å². The van der Waals surface area contributed by atoms with Crippen LogP contribution in [0.4, 0.5) is 9.59 Å². The molecular weight excluding hydrogens is 1330 g/mol. The van der Waals surface area contributed by atoms with E-state index in [-0.39, 0.29) is 98.4 Å². The first-order valence-electron chi connectivity index (χ1n) is 36.1. The minimum atomic E-state index is -0.947. The van der Waals surface area contributed by atoms with Gasteiger partial charge in [-0.25, -0.2) is 9.59 Å². The lowest BCUT2D eigenvalue weighted by molar-refractivity contribution is -0.145. The molecule has 2 aromatic heterocycles. The molecule has 10 rings (SSSR count). The van der Waals surface area contributed by atoms with Crippen molar-refractivity contribution < 1.29 is 38.2 Å². The van der Waals surface area contributed by atoms with Gasteiger partial charge in [-0.1, -0.05) is 118 Å². The number of benzene rings is 3. The molecule has 5 fully saturated rings. The Hall–Kier alpha value is -6.14. The quantitative estimate of drug-likeness (QED) is 0.0297. The minimum Gasteiger partial charge on any atom is -0.409 e. The molecule has 5 aromatic rings. The maximum Gasteiger partial charge on any atom is 0.415 e. The first kappa shape index (κ1) is 75.5. The maximum absolute atomic E-state index is 15.4. The molecule has 99 heavy (non-hydrogen) atoms. The third-order valence-electron chi connectivity index (χ3n) is 20.9. The molecule has 6 amide bonds. The lowest BCUT2D eigenvalue weighted by atomic mass is 9.72. The predicted molar refractivity (Wildman–Crippen MR) is 395 cm³/mol. The lowest BCUT2D eigenvalue weighted by Crippen LogP contribution is -2.64. The second-order valence-electron chi connectivity index (χ2n) is 28.8. The number of piperazine rings is 2. The number of nitrogens with zero attached hydrogens (tertiary/aromatic N) is 6. The number of piperidine rings is 1. The zero-order valence-electron chi connectivity index (χ0n) is 59.1. The molecule has 19 nitrogen and oxygen atoms in total. The monoisotopic (exact) mass is 1430 g/mol. The van der Waals surface area contributed by atoms with Crippen LogP contribution in [0.15, 0.2) is 89.6 Å². The Morgan fingerprint density at radius 3 is 1.89 bits per heavy atom. The fourth-order valence-electron chi connectivity index (χ4n) is 14.9. The van der Waals surface area contributed by atoms with Crippen molar-refractivity contribution in [2.75, 3.05) is 78.5 Å². The van der Waals surface area contributed by atoms with Gasteiger partial charge < -0.3 is 60.6 Å². The fourth-order valence-corrected chi connectivity index (χ4v) is 16.9. The Morgan fingerprint density at radius 2 is 1.24 bits per heavy atom. The Morgan fingerprint density at radius 1 is 0.606 bits per heavy atom. The molecule has 0 bridgehead atoms. The van der Waals surface area contributed by atoms with Crippen LogP contribution in [-0.2, 0) is 38.8 Å². The van der Waals surface area contributed by atoms with Crippen LogP contribution in [0, 0.1) is 26.2 Å². The van der Waals surface area contributed by atoms with Gasteiger partial charge >= 0.3 is 12.2 Å². The summed E-state index contributed by atoms with van der Waals surface area (Å²) in [5, 5.41) is 22.0. The number of carbonyl (C=O) groups excluding carboxylic acids is 6. The van der Waals surface area contributed by atoms with E-state index < -0.39 is 36.4 Å². The van der Waals surface area contributed by atoms with Gasteiger partial charge in [-0.2, -0.15) is 0 Å². The smallest absolute Gasteiger partial charge is 0.409 e. The van der Waals surface area contributed by atoms with Crippen molar-refractivity contribution in [2.24, 2.45) is 5.41 Å². The third kappa shape index (κ3) is 20.8. The van der Waals surface area contributed by atoms with E-state index in [2.05, 4.69) is 92.0 Å². The summed E-state index contributed by atoms with van der Waals surface area (Å²) in [7, 11) is 0. The molecule has 23 heteroatoms. The molecule has 1 spiro atoms. The van der Waals surface area contributed by atoms with Crippen molar-refractivity contribution in [1.82, 2.24) is 56.0 Å². The highest BCUT2D eigenvalue weighted by Gasteiger charge is 2.45. The summed E-state index contributed by atoms with van der Waals surface area (Å²) in [6.45, 7) is 22.0. The summed E-state index contributed by atoms with van der Waals surface area (Å²) >= 11 is 16.4. The number of likely N-dealkylation sites (tertiary alicyclic amines) is 2. The molecule has 0 unspecified atom stereocenters. The van der Waals surface area contributed by atoms with Gasteiger partial charge in [0.05, 0.1) is 48.3 Å². The molecule has 1 saturated carbocycles. The van der Waals surface area contributed by atoms with E-state index >= 15 is 4.79 Å². The Kier molecular flexibility index (Phi) is 27.6. The Bertz CT molecular complexity index is 3490. The van der Waals surface area contributed by atoms with Crippen molar-refractivity contribution in [3.05, 3.63) is 137 Å². The van der Waals surface area contributed by atoms with Crippen LogP contribution >= 0.6 is 45.9 Å². The number of rotatable bonds is 28. The number of aryl methyl sites for hydroxylation is 2. The molecule has 538 valence electrons. The van der Waals surface area contributed by atoms with Gasteiger partial charge in [0.25, 0.3) is 0 Å². The molecule has 3 aromatic carbocycles. The van der Waals surface area contributed by atoms with E-state index in [0.717, 1.165) is 136 Å². The molecule has 4 saturated heterocycles. The minimum absolute atomic E-state index is 0.0223. The van der Waals surface area contributed by atoms with E-state index in [9.17, 15) is 24.0 Å². The average molecular weight is 1440 g/mol. The highest BCUT2D eigenvalue weighted by molar-refractivity contribution is 7.10. The van der Waals surface area contributed by atoms with Gasteiger partial charge in [-0.15, -0.1) is 22.7 Å². The van der Waals surface area contributed by atoms with Gasteiger partial charge in [0.2, 0.25) is 23.6 Å². The number of carbonyl (C=O) groups is 6. The van der Waals surface area contributed by atoms with Gasteiger partial charge in [-0.3, -0.25) is 24.1 Å². The average Bonchev–Trinajstić information content (AvgIpc) is 1.76. The highest BCUT2D eigenvalue weighted by atomic mass is 35.5. The third-order valence-corrected chi connectivity index (χ3v) is 23.7. The van der Waals surface area contributed by atoms with Crippen molar-refractivity contribution in [1.29, 1.82) is 0 Å². The molecule has 4 aliphatic heterocycles. The van der Waals surface area contributed by atoms with Crippen LogP contribution in [0.1, 0.15) is 155 Å². The lowest BCUT2D eigenvalue weighted by Gasteiger charge is -2.43. The van der Waals surface area contributed by atoms with Crippen molar-refractivity contribution in [3.63, 3.8) is 0 Å². The van der Waals surface area contributed by atoms with Crippen LogP contribution in [0.5, 0.6) is 11.5 Å². The molecule has 1 aliphatic carbocycles. The standard InChI is InChI=1S/C76H105Cl2N11O8S2/c1-51(2)79-33-13-11-21-62(82-52(3)4)72(92)88-40-38-87(75(95)97-67-25-24-53(5)55(7)69(67)78)48-65(88)71(91)81-45-61-43-58(49-99-61)57-28-35-84(36-29-57)34-14-12-22-63(83-59-26-30-76(31-27-59)32-37-85(50-76)46-56-18-9-8-10-19-56)73(93)89-41-39-86(74(94)96-66-23-15-17-54(6)68(66)77)47-64(89)70(90)80-44-60-20-16-42-98-60/h8-10,15-20,23-25,42-43,49,51-52,57,59,62-65,79,82-83H,11-14,21-22,26-41,44-48,50H2,1-7H3,(H,80,90)(H,81,91)/t59?,62-,63-,64+,65+,76?/m1/s1. The van der Waals surface area contributed by atoms with E-state index in [1.54, 1.807) is 50.7 Å². The SMILES string of the molecule is Cc1ccc(OC(=O)N2CCN(C(=O)[C@@H](CCCCNC(C)C)NC(C)C)[C@H](C(=O)NCc3cc(C4CCN(CCCC[C@@H](NC5CCC6(CC5)CCN(Cc5ccccc5)C6)C(=O)N5CCN(C(=O)Oc6cccc(C)c6Cl)C[C@H]5C(=O)NCc5cccs5)CC4)cs3)C2)c(Cl)c1C. The van der Waals surface area contributed by atoms with Gasteiger partial charge in [0, 0.05) is 67.1 Å².